The van der Waals surface area contributed by atoms with Crippen LogP contribution in [0.2, 0.25) is 0 Å². The molecule has 1 N–H and O–H groups in total. The number of oxazole rings is 1. The van der Waals surface area contributed by atoms with Gasteiger partial charge in [-0.05, 0) is 11.4 Å². The molecule has 0 aliphatic heterocycles. The number of nitrogens with one attached hydrogen (secondary N) is 1. The third-order valence-corrected chi connectivity index (χ3v) is 6.11. The van der Waals surface area contributed by atoms with Crippen LogP contribution in [0.25, 0.3) is 11.3 Å². The molecule has 0 aliphatic carbocycles. The van der Waals surface area contributed by atoms with Gasteiger partial charge in [-0.2, -0.15) is 0 Å². The number of hydrogen-bond donors (Lipinski definition) is 1. The van der Waals surface area contributed by atoms with Crippen LogP contribution >= 0.6 is 11.3 Å². The number of thiophene rings is 1. The van der Waals surface area contributed by atoms with Gasteiger partial charge in [-0.25, -0.2) is 18.1 Å². The van der Waals surface area contributed by atoms with Gasteiger partial charge in [0.25, 0.3) is 0 Å². The van der Waals surface area contributed by atoms with Gasteiger partial charge >= 0.3 is 0 Å². The molecule has 3 rings (SSSR count). The van der Waals surface area contributed by atoms with Gasteiger partial charge in [0, 0.05) is 25.5 Å². The average molecular weight is 348 g/mol. The van der Waals surface area contributed by atoms with Crippen LogP contribution in [0.5, 0.6) is 0 Å². The van der Waals surface area contributed by atoms with Crippen LogP contribution in [-0.2, 0) is 16.4 Å². The van der Waals surface area contributed by atoms with E-state index in [4.69, 9.17) is 4.42 Å². The highest BCUT2D eigenvalue weighted by atomic mass is 32.2. The quantitative estimate of drug-likeness (QED) is 0.742. The lowest BCUT2D eigenvalue weighted by atomic mass is 10.1. The van der Waals surface area contributed by atoms with Crippen LogP contribution < -0.4 is 4.72 Å². The Hall–Kier alpha value is -1.96. The van der Waals surface area contributed by atoms with Crippen molar-refractivity contribution in [1.29, 1.82) is 0 Å². The van der Waals surface area contributed by atoms with Gasteiger partial charge < -0.3 is 4.42 Å². The summed E-state index contributed by atoms with van der Waals surface area (Å²) in [6.45, 7) is 2.04. The van der Waals surface area contributed by atoms with Crippen molar-refractivity contribution in [3.63, 3.8) is 0 Å². The molecule has 23 heavy (non-hydrogen) atoms. The highest BCUT2D eigenvalue weighted by Crippen LogP contribution is 2.24. The van der Waals surface area contributed by atoms with Gasteiger partial charge in [0.1, 0.15) is 15.7 Å². The van der Waals surface area contributed by atoms with Crippen LogP contribution in [0.4, 0.5) is 0 Å². The molecular weight excluding hydrogens is 332 g/mol. The topological polar surface area (TPSA) is 72.2 Å². The van der Waals surface area contributed by atoms with Crippen molar-refractivity contribution in [2.24, 2.45) is 0 Å². The van der Waals surface area contributed by atoms with Crippen LogP contribution in [0.3, 0.4) is 0 Å². The summed E-state index contributed by atoms with van der Waals surface area (Å²) < 4.78 is 32.7. The Kier molecular flexibility index (Phi) is 4.61. The first kappa shape index (κ1) is 15.9. The van der Waals surface area contributed by atoms with Crippen LogP contribution in [0, 0.1) is 6.92 Å². The lowest BCUT2D eigenvalue weighted by molar-refractivity contribution is 0.473. The number of nitrogens with zero attached hydrogens (tertiary/aromatic N) is 1. The van der Waals surface area contributed by atoms with E-state index in [-0.39, 0.29) is 6.54 Å². The Morgan fingerprint density at radius 2 is 1.96 bits per heavy atom. The second kappa shape index (κ2) is 6.66. The first-order chi connectivity index (χ1) is 11.1. The zero-order valence-corrected chi connectivity index (χ0v) is 14.2. The van der Waals surface area contributed by atoms with Crippen molar-refractivity contribution < 1.29 is 12.8 Å². The van der Waals surface area contributed by atoms with E-state index in [1.807, 2.05) is 30.3 Å². The second-order valence-electron chi connectivity index (χ2n) is 4.95. The van der Waals surface area contributed by atoms with E-state index >= 15 is 0 Å². The fourth-order valence-corrected chi connectivity index (χ4v) is 4.32. The van der Waals surface area contributed by atoms with E-state index in [1.165, 1.54) is 11.3 Å². The predicted molar refractivity (Wildman–Crippen MR) is 89.9 cm³/mol. The molecule has 0 amide bonds. The molecule has 0 atom stereocenters. The maximum Gasteiger partial charge on any atom is 0.250 e. The van der Waals surface area contributed by atoms with E-state index in [2.05, 4.69) is 9.71 Å². The number of hydrogen-bond acceptors (Lipinski definition) is 5. The maximum atomic E-state index is 12.1. The average Bonchev–Trinajstić information content (AvgIpc) is 3.18. The molecule has 1 aromatic carbocycles. The zero-order valence-electron chi connectivity index (χ0n) is 12.5. The summed E-state index contributed by atoms with van der Waals surface area (Å²) in [5.41, 5.74) is 1.72. The number of aryl methyl sites for hydroxylation is 1. The summed E-state index contributed by atoms with van der Waals surface area (Å²) in [6.07, 6.45) is 0.440. The van der Waals surface area contributed by atoms with Crippen molar-refractivity contribution >= 4 is 21.4 Å². The molecule has 7 heteroatoms. The number of aromatic nitrogens is 1. The van der Waals surface area contributed by atoms with Gasteiger partial charge in [-0.15, -0.1) is 11.3 Å². The minimum Gasteiger partial charge on any atom is -0.445 e. The van der Waals surface area contributed by atoms with Crippen LogP contribution in [0.1, 0.15) is 11.7 Å². The number of rotatable bonds is 6. The van der Waals surface area contributed by atoms with Crippen LogP contribution in [0.15, 0.2) is 56.5 Å². The van der Waals surface area contributed by atoms with Gasteiger partial charge in [0.05, 0.1) is 0 Å². The Morgan fingerprint density at radius 3 is 2.65 bits per heavy atom. The van der Waals surface area contributed by atoms with Gasteiger partial charge in [-0.3, -0.25) is 0 Å². The minimum atomic E-state index is -3.45. The Morgan fingerprint density at radius 1 is 1.17 bits per heavy atom. The summed E-state index contributed by atoms with van der Waals surface area (Å²) in [5, 5.41) is 1.74. The molecular formula is C16H16N2O3S2. The Bertz CT molecular complexity index is 869. The Balaban J connectivity index is 1.72. The van der Waals surface area contributed by atoms with E-state index in [1.54, 1.807) is 24.4 Å². The van der Waals surface area contributed by atoms with Gasteiger partial charge in [0.2, 0.25) is 10.0 Å². The molecule has 120 valence electrons. The fourth-order valence-electron chi connectivity index (χ4n) is 2.25. The summed E-state index contributed by atoms with van der Waals surface area (Å²) in [7, 11) is -3.45. The van der Waals surface area contributed by atoms with E-state index in [0.717, 1.165) is 11.3 Å². The molecule has 0 saturated heterocycles. The summed E-state index contributed by atoms with van der Waals surface area (Å²) in [5.74, 6) is 1.25. The normalized spacial score (nSPS) is 11.7. The highest BCUT2D eigenvalue weighted by molar-refractivity contribution is 7.91. The van der Waals surface area contributed by atoms with Crippen molar-refractivity contribution in [3.05, 3.63) is 59.5 Å². The summed E-state index contributed by atoms with van der Waals surface area (Å²) in [6, 6.07) is 13.0. The first-order valence-electron chi connectivity index (χ1n) is 7.11. The highest BCUT2D eigenvalue weighted by Gasteiger charge is 2.17. The molecule has 0 aliphatic rings. The molecule has 0 radical (unpaired) electrons. The molecule has 0 bridgehead atoms. The predicted octanol–water partition coefficient (Wildman–Crippen LogP) is 3.23. The van der Waals surface area contributed by atoms with Crippen LogP contribution in [-0.4, -0.2) is 19.9 Å². The number of sulfonamides is 1. The third kappa shape index (κ3) is 3.69. The zero-order chi connectivity index (χ0) is 16.3. The summed E-state index contributed by atoms with van der Waals surface area (Å²) in [4.78, 5) is 4.40. The fraction of sp³-hybridized carbons (Fsp3) is 0.188. The second-order valence-corrected chi connectivity index (χ2v) is 7.89. The Labute approximate surface area is 139 Å². The SMILES string of the molecule is Cc1nc(-c2ccccc2)c(CCNS(=O)(=O)c2cccs2)o1. The van der Waals surface area contributed by atoms with Crippen molar-refractivity contribution in [2.75, 3.05) is 6.54 Å². The molecule has 0 saturated carbocycles. The first-order valence-corrected chi connectivity index (χ1v) is 9.47. The maximum absolute atomic E-state index is 12.1. The van der Waals surface area contributed by atoms with E-state index in [9.17, 15) is 8.42 Å². The molecule has 2 heterocycles. The summed E-state index contributed by atoms with van der Waals surface area (Å²) >= 11 is 1.19. The standard InChI is InChI=1S/C16H16N2O3S2/c1-12-18-16(13-6-3-2-4-7-13)14(21-12)9-10-17-23(19,20)15-8-5-11-22-15/h2-8,11,17H,9-10H2,1H3. The van der Waals surface area contributed by atoms with E-state index in [0.29, 0.717) is 22.3 Å². The lowest BCUT2D eigenvalue weighted by Gasteiger charge is -2.04. The van der Waals surface area contributed by atoms with Crippen molar-refractivity contribution in [1.82, 2.24) is 9.71 Å². The monoisotopic (exact) mass is 348 g/mol. The molecule has 0 fully saturated rings. The smallest absolute Gasteiger partial charge is 0.250 e. The number of benzene rings is 1. The molecule has 2 aromatic heterocycles. The molecule has 3 aromatic rings. The molecule has 0 spiro atoms. The molecule has 0 unspecified atom stereocenters. The minimum absolute atomic E-state index is 0.259. The van der Waals surface area contributed by atoms with E-state index < -0.39 is 10.0 Å². The van der Waals surface area contributed by atoms with Gasteiger partial charge in [0.15, 0.2) is 5.89 Å². The largest absolute Gasteiger partial charge is 0.445 e. The third-order valence-electron chi connectivity index (χ3n) is 3.26. The van der Waals surface area contributed by atoms with Crippen molar-refractivity contribution in [2.45, 2.75) is 17.6 Å². The lowest BCUT2D eigenvalue weighted by Crippen LogP contribution is -2.25. The van der Waals surface area contributed by atoms with Gasteiger partial charge in [-0.1, -0.05) is 36.4 Å². The molecule has 5 nitrogen and oxygen atoms in total. The van der Waals surface area contributed by atoms with Crippen molar-refractivity contribution in [3.8, 4) is 11.3 Å².